The molecular formula is C22H28ClFN4O4. The molecule has 0 bridgehead atoms. The minimum atomic E-state index is -0.594. The molecule has 1 aliphatic carbocycles. The Hall–Kier alpha value is -2.52. The van der Waals surface area contributed by atoms with Crippen molar-refractivity contribution < 1.29 is 23.6 Å². The maximum absolute atomic E-state index is 14.9. The summed E-state index contributed by atoms with van der Waals surface area (Å²) < 4.78 is 19.9. The lowest BCUT2D eigenvalue weighted by Gasteiger charge is -2.22. The molecule has 0 radical (unpaired) electrons. The van der Waals surface area contributed by atoms with Gasteiger partial charge in [0.1, 0.15) is 5.69 Å². The second kappa shape index (κ2) is 11.9. The van der Waals surface area contributed by atoms with Crippen LogP contribution in [0.5, 0.6) is 0 Å². The van der Waals surface area contributed by atoms with E-state index < -0.39 is 11.7 Å². The van der Waals surface area contributed by atoms with Crippen LogP contribution >= 0.6 is 11.6 Å². The second-order valence-corrected chi connectivity index (χ2v) is 8.55. The average Bonchev–Trinajstić information content (AvgIpc) is 3.48. The topological polar surface area (TPSA) is 109 Å². The molecule has 1 aliphatic rings. The maximum atomic E-state index is 14.9. The van der Waals surface area contributed by atoms with E-state index in [0.717, 1.165) is 31.2 Å². The van der Waals surface area contributed by atoms with Crippen LogP contribution in [-0.4, -0.2) is 39.1 Å². The van der Waals surface area contributed by atoms with E-state index in [4.69, 9.17) is 16.0 Å². The first kappa shape index (κ1) is 24.1. The Balaban J connectivity index is 1.60. The van der Waals surface area contributed by atoms with Gasteiger partial charge in [0.05, 0.1) is 37.2 Å². The highest BCUT2D eigenvalue weighted by atomic mass is 35.5. The highest BCUT2D eigenvalue weighted by Gasteiger charge is 2.27. The third-order valence-electron chi connectivity index (χ3n) is 5.84. The molecule has 0 spiro atoms. The van der Waals surface area contributed by atoms with Gasteiger partial charge < -0.3 is 9.73 Å². The van der Waals surface area contributed by atoms with Crippen LogP contribution in [0.2, 0.25) is 5.28 Å². The molecule has 10 heteroatoms. The van der Waals surface area contributed by atoms with Gasteiger partial charge in [-0.1, -0.05) is 25.7 Å². The Morgan fingerprint density at radius 3 is 2.78 bits per heavy atom. The van der Waals surface area contributed by atoms with E-state index in [1.807, 2.05) is 6.07 Å². The van der Waals surface area contributed by atoms with Crippen LogP contribution < -0.4 is 5.32 Å². The summed E-state index contributed by atoms with van der Waals surface area (Å²) in [6.07, 6.45) is 10.1. The minimum absolute atomic E-state index is 0.00696. The zero-order chi connectivity index (χ0) is 22.9. The van der Waals surface area contributed by atoms with Gasteiger partial charge in [-0.3, -0.25) is 14.8 Å². The first-order valence-corrected chi connectivity index (χ1v) is 11.2. The predicted molar refractivity (Wildman–Crippen MR) is 114 cm³/mol. The van der Waals surface area contributed by atoms with E-state index in [-0.39, 0.29) is 42.1 Å². The highest BCUT2D eigenvalue weighted by molar-refractivity contribution is 6.28. The molecular weight excluding hydrogens is 439 g/mol. The smallest absolute Gasteiger partial charge is 0.233 e. The van der Waals surface area contributed by atoms with E-state index in [2.05, 4.69) is 15.3 Å². The van der Waals surface area contributed by atoms with Crippen molar-refractivity contribution in [3.63, 3.8) is 0 Å². The first-order chi connectivity index (χ1) is 15.5. The molecule has 2 aromatic heterocycles. The lowest BCUT2D eigenvalue weighted by atomic mass is 9.92. The summed E-state index contributed by atoms with van der Waals surface area (Å²) in [6.45, 7) is -0.270. The predicted octanol–water partition coefficient (Wildman–Crippen LogP) is 3.70. The number of rotatable bonds is 12. The molecule has 1 atom stereocenters. The van der Waals surface area contributed by atoms with Crippen molar-refractivity contribution >= 4 is 23.9 Å². The molecule has 0 saturated heterocycles. The molecule has 0 aliphatic heterocycles. The van der Waals surface area contributed by atoms with Crippen LogP contribution in [0.1, 0.15) is 55.5 Å². The van der Waals surface area contributed by atoms with Gasteiger partial charge in [0.15, 0.2) is 5.82 Å². The number of carbonyl (C=O) groups excluding carboxylic acids is 2. The minimum Gasteiger partial charge on any atom is -0.472 e. The summed E-state index contributed by atoms with van der Waals surface area (Å²) in [4.78, 5) is 31.5. The fraction of sp³-hybridized carbons (Fsp3) is 0.545. The van der Waals surface area contributed by atoms with Gasteiger partial charge in [-0.05, 0) is 54.8 Å². The number of nitrogens with zero attached hydrogens (tertiary/aromatic N) is 3. The number of amides is 2. The third-order valence-corrected chi connectivity index (χ3v) is 6.01. The number of nitrogens with one attached hydrogen (secondary N) is 1. The number of furan rings is 1. The molecule has 32 heavy (non-hydrogen) atoms. The number of aryl methyl sites for hydroxylation is 2. The summed E-state index contributed by atoms with van der Waals surface area (Å²) in [5.41, 5.74) is 1.22. The van der Waals surface area contributed by atoms with E-state index in [9.17, 15) is 19.2 Å². The molecule has 1 fully saturated rings. The molecule has 2 aromatic rings. The molecule has 2 amide bonds. The number of aromatic nitrogens is 2. The van der Waals surface area contributed by atoms with Gasteiger partial charge in [-0.15, -0.1) is 0 Å². The largest absolute Gasteiger partial charge is 0.472 e. The summed E-state index contributed by atoms with van der Waals surface area (Å²) in [7, 11) is 0. The molecule has 0 aromatic carbocycles. The van der Waals surface area contributed by atoms with Crippen LogP contribution in [0.3, 0.4) is 0 Å². The van der Waals surface area contributed by atoms with Gasteiger partial charge in [0, 0.05) is 0 Å². The monoisotopic (exact) mass is 466 g/mol. The molecule has 174 valence electrons. The molecule has 3 rings (SSSR count). The van der Waals surface area contributed by atoms with Crippen molar-refractivity contribution in [1.82, 2.24) is 20.3 Å². The van der Waals surface area contributed by atoms with E-state index >= 15 is 0 Å². The molecule has 2 heterocycles. The number of hydrogen-bond donors (Lipinski definition) is 2. The summed E-state index contributed by atoms with van der Waals surface area (Å²) in [5.74, 6) is -1.18. The van der Waals surface area contributed by atoms with Crippen molar-refractivity contribution in [3.8, 4) is 0 Å². The second-order valence-electron chi connectivity index (χ2n) is 8.21. The molecule has 2 N–H and O–H groups in total. The summed E-state index contributed by atoms with van der Waals surface area (Å²) in [6, 6.07) is 1.85. The Morgan fingerprint density at radius 2 is 2.09 bits per heavy atom. The zero-order valence-corrected chi connectivity index (χ0v) is 18.6. The Kier molecular flexibility index (Phi) is 8.99. The lowest BCUT2D eigenvalue weighted by Crippen LogP contribution is -2.38. The van der Waals surface area contributed by atoms with Crippen molar-refractivity contribution in [1.29, 1.82) is 0 Å². The molecule has 0 unspecified atom stereocenters. The highest BCUT2D eigenvalue weighted by Crippen LogP contribution is 2.30. The first-order valence-electron chi connectivity index (χ1n) is 10.9. The van der Waals surface area contributed by atoms with Crippen LogP contribution in [0, 0.1) is 17.7 Å². The van der Waals surface area contributed by atoms with Gasteiger partial charge in [0.2, 0.25) is 17.6 Å². The van der Waals surface area contributed by atoms with Crippen molar-refractivity contribution in [2.45, 2.75) is 57.9 Å². The third kappa shape index (κ3) is 7.00. The van der Waals surface area contributed by atoms with Gasteiger partial charge in [-0.2, -0.15) is 0 Å². The van der Waals surface area contributed by atoms with Crippen LogP contribution in [0.25, 0.3) is 0 Å². The van der Waals surface area contributed by atoms with E-state index in [1.165, 1.54) is 0 Å². The summed E-state index contributed by atoms with van der Waals surface area (Å²) >= 11 is 5.98. The quantitative estimate of drug-likeness (QED) is 0.214. The number of carbonyl (C=O) groups is 2. The fourth-order valence-corrected chi connectivity index (χ4v) is 4.39. The number of hydrogen-bond acceptors (Lipinski definition) is 6. The van der Waals surface area contributed by atoms with Gasteiger partial charge in [-0.25, -0.2) is 19.4 Å². The van der Waals surface area contributed by atoms with Crippen molar-refractivity contribution in [3.05, 3.63) is 46.6 Å². The molecule has 8 nitrogen and oxygen atoms in total. The normalized spacial score (nSPS) is 15.0. The number of halogens is 2. The van der Waals surface area contributed by atoms with E-state index in [1.54, 1.807) is 12.5 Å². The van der Waals surface area contributed by atoms with Gasteiger partial charge in [0.25, 0.3) is 0 Å². The number of hydroxylamine groups is 2. The average molecular weight is 467 g/mol. The van der Waals surface area contributed by atoms with E-state index in [0.29, 0.717) is 36.7 Å². The van der Waals surface area contributed by atoms with Crippen LogP contribution in [-0.2, 0) is 29.0 Å². The van der Waals surface area contributed by atoms with Crippen molar-refractivity contribution in [2.75, 3.05) is 6.54 Å². The Bertz CT molecular complexity index is 890. The lowest BCUT2D eigenvalue weighted by molar-refractivity contribution is -0.155. The zero-order valence-electron chi connectivity index (χ0n) is 17.8. The molecule has 1 saturated carbocycles. The fourth-order valence-electron chi connectivity index (χ4n) is 4.19. The van der Waals surface area contributed by atoms with Crippen LogP contribution in [0.15, 0.2) is 23.0 Å². The SMILES string of the molecule is O=CN(O)C[C@@H](CC1CCCC1)C(=O)NCc1nc(Cl)nc(CCCc2ccoc2)c1F. The summed E-state index contributed by atoms with van der Waals surface area (Å²) in [5, 5.41) is 12.7. The Morgan fingerprint density at radius 1 is 1.34 bits per heavy atom. The van der Waals surface area contributed by atoms with Crippen molar-refractivity contribution in [2.24, 2.45) is 11.8 Å². The Labute approximate surface area is 191 Å². The standard InChI is InChI=1S/C22H28ClFN4O4/c23-22-26-18(7-3-6-16-8-9-32-13-16)20(24)19(27-22)11-25-21(30)17(12-28(31)14-29)10-15-4-1-2-5-15/h8-9,13-15,17,31H,1-7,10-12H2,(H,25,30)/t17-/m1/s1. The van der Waals surface area contributed by atoms with Gasteiger partial charge >= 0.3 is 0 Å². The van der Waals surface area contributed by atoms with Crippen LogP contribution in [0.4, 0.5) is 4.39 Å². The maximum Gasteiger partial charge on any atom is 0.233 e.